The van der Waals surface area contributed by atoms with Crippen LogP contribution in [0.25, 0.3) is 39.5 Å². The summed E-state index contributed by atoms with van der Waals surface area (Å²) in [6.45, 7) is 5.78. The number of imidazole rings is 2. The van der Waals surface area contributed by atoms with Crippen molar-refractivity contribution in [2.75, 3.05) is 6.79 Å². The Bertz CT molecular complexity index is 1560. The van der Waals surface area contributed by atoms with Crippen LogP contribution in [0.4, 0.5) is 0 Å². The first-order valence-electron chi connectivity index (χ1n) is 11.1. The summed E-state index contributed by atoms with van der Waals surface area (Å²) in [5, 5.41) is 3.93. The van der Waals surface area contributed by atoms with Crippen LogP contribution in [0.1, 0.15) is 31.3 Å². The maximum absolute atomic E-state index is 13.3. The number of pyridine rings is 1. The van der Waals surface area contributed by atoms with Crippen molar-refractivity contribution in [2.24, 2.45) is 0 Å². The van der Waals surface area contributed by atoms with Crippen molar-refractivity contribution in [3.8, 4) is 45.4 Å². The Morgan fingerprint density at radius 1 is 1.14 bits per heavy atom. The Hall–Kier alpha value is -4.11. The van der Waals surface area contributed by atoms with E-state index in [1.807, 2.05) is 74.1 Å². The molecule has 0 aliphatic carbocycles. The fraction of sp³-hybridized carbons (Fsp3) is 0.192. The molecule has 0 atom stereocenters. The van der Waals surface area contributed by atoms with Crippen LogP contribution in [-0.2, 0) is 4.74 Å². The summed E-state index contributed by atoms with van der Waals surface area (Å²) in [6, 6.07) is 11.5. The third kappa shape index (κ3) is 3.83. The van der Waals surface area contributed by atoms with E-state index in [2.05, 4.69) is 9.97 Å². The average Bonchev–Trinajstić information content (AvgIpc) is 3.62. The van der Waals surface area contributed by atoms with Gasteiger partial charge < -0.3 is 19.2 Å². The molecule has 0 amide bonds. The van der Waals surface area contributed by atoms with E-state index in [4.69, 9.17) is 19.2 Å². The summed E-state index contributed by atoms with van der Waals surface area (Å²) < 4.78 is 18.4. The van der Waals surface area contributed by atoms with Crippen molar-refractivity contribution in [3.05, 3.63) is 65.2 Å². The zero-order valence-electron chi connectivity index (χ0n) is 19.4. The van der Waals surface area contributed by atoms with Crippen LogP contribution in [0.2, 0.25) is 0 Å². The number of carbonyl (C=O) groups is 1. The molecule has 5 heterocycles. The molecule has 0 spiro atoms. The highest BCUT2D eigenvalue weighted by atomic mass is 32.1. The number of rotatable bonds is 4. The Labute approximate surface area is 205 Å². The van der Waals surface area contributed by atoms with Crippen LogP contribution < -0.4 is 9.47 Å². The fourth-order valence-electron chi connectivity index (χ4n) is 4.04. The number of H-pyrrole nitrogens is 1. The number of fused-ring (bicyclic) bond motifs is 2. The zero-order chi connectivity index (χ0) is 24.2. The summed E-state index contributed by atoms with van der Waals surface area (Å²) in [7, 11) is 0. The average molecular weight is 487 g/mol. The molecule has 176 valence electrons. The highest BCUT2D eigenvalue weighted by Gasteiger charge is 2.27. The molecule has 6 rings (SSSR count). The fourth-order valence-corrected chi connectivity index (χ4v) is 4.68. The molecule has 8 nitrogen and oxygen atoms in total. The number of nitrogens with zero attached hydrogens (tertiary/aromatic N) is 3. The minimum absolute atomic E-state index is 0.224. The number of nitrogens with one attached hydrogen (secondary N) is 1. The van der Waals surface area contributed by atoms with Gasteiger partial charge in [0.1, 0.15) is 22.8 Å². The lowest BCUT2D eigenvalue weighted by molar-refractivity contribution is 0.00627. The number of hydrogen-bond acceptors (Lipinski definition) is 7. The van der Waals surface area contributed by atoms with Crippen molar-refractivity contribution < 1.29 is 19.0 Å². The van der Waals surface area contributed by atoms with Gasteiger partial charge in [-0.3, -0.25) is 4.40 Å². The summed E-state index contributed by atoms with van der Waals surface area (Å²) in [6.07, 6.45) is 3.59. The molecule has 35 heavy (non-hydrogen) atoms. The van der Waals surface area contributed by atoms with Gasteiger partial charge in [0.05, 0.1) is 17.5 Å². The van der Waals surface area contributed by atoms with Gasteiger partial charge in [-0.25, -0.2) is 14.8 Å². The second kappa shape index (κ2) is 7.99. The highest BCUT2D eigenvalue weighted by molar-refractivity contribution is 7.08. The van der Waals surface area contributed by atoms with Crippen LogP contribution >= 0.6 is 11.3 Å². The SMILES string of the molecule is CC(C)(C)OC(=O)c1c(-c2ccsc2)nc2c(-c3ncc(-c4ccc5c(c4)OCO5)[nH]3)cccn12. The van der Waals surface area contributed by atoms with Gasteiger partial charge >= 0.3 is 5.97 Å². The lowest BCUT2D eigenvalue weighted by Gasteiger charge is -2.19. The standard InChI is InChI=1S/C26H22N4O4S/c1-26(2,3)34-25(31)22-21(16-8-10-35-13-16)29-24-17(5-4-9-30(22)24)23-27-12-18(28-23)15-6-7-19-20(11-15)33-14-32-19/h4-13H,14H2,1-3H3,(H,27,28). The predicted molar refractivity (Wildman–Crippen MR) is 133 cm³/mol. The molecule has 0 radical (unpaired) electrons. The second-order valence-corrected chi connectivity index (χ2v) is 9.93. The van der Waals surface area contributed by atoms with E-state index >= 15 is 0 Å². The smallest absolute Gasteiger partial charge is 0.358 e. The molecule has 0 unspecified atom stereocenters. The van der Waals surface area contributed by atoms with E-state index in [0.717, 1.165) is 28.1 Å². The molecule has 0 bridgehead atoms. The van der Waals surface area contributed by atoms with Crippen molar-refractivity contribution in [1.29, 1.82) is 0 Å². The van der Waals surface area contributed by atoms with Crippen LogP contribution in [-0.4, -0.2) is 37.7 Å². The maximum Gasteiger partial charge on any atom is 0.358 e. The van der Waals surface area contributed by atoms with Gasteiger partial charge in [-0.1, -0.05) is 0 Å². The largest absolute Gasteiger partial charge is 0.455 e. The van der Waals surface area contributed by atoms with E-state index in [9.17, 15) is 4.79 Å². The summed E-state index contributed by atoms with van der Waals surface area (Å²) in [5.74, 6) is 1.65. The Morgan fingerprint density at radius 2 is 2.00 bits per heavy atom. The summed E-state index contributed by atoms with van der Waals surface area (Å²) in [5.41, 5.74) is 4.34. The molecule has 0 saturated heterocycles. The molecule has 1 aromatic carbocycles. The van der Waals surface area contributed by atoms with Crippen LogP contribution in [0.3, 0.4) is 0 Å². The topological polar surface area (TPSA) is 90.7 Å². The summed E-state index contributed by atoms with van der Waals surface area (Å²) >= 11 is 1.55. The number of ether oxygens (including phenoxy) is 3. The van der Waals surface area contributed by atoms with Gasteiger partial charge in [-0.2, -0.15) is 11.3 Å². The van der Waals surface area contributed by atoms with Gasteiger partial charge in [0.25, 0.3) is 0 Å². The first-order chi connectivity index (χ1) is 16.9. The number of benzene rings is 1. The molecular weight excluding hydrogens is 464 g/mol. The van der Waals surface area contributed by atoms with Gasteiger partial charge in [0, 0.05) is 22.7 Å². The Morgan fingerprint density at radius 3 is 2.80 bits per heavy atom. The molecule has 4 aromatic heterocycles. The minimum Gasteiger partial charge on any atom is -0.455 e. The molecule has 5 aromatic rings. The second-order valence-electron chi connectivity index (χ2n) is 9.15. The lowest BCUT2D eigenvalue weighted by atomic mass is 10.1. The van der Waals surface area contributed by atoms with Gasteiger partial charge in [0.2, 0.25) is 6.79 Å². The maximum atomic E-state index is 13.3. The Kier molecular flexibility index (Phi) is 4.89. The van der Waals surface area contributed by atoms with E-state index in [0.29, 0.717) is 28.6 Å². The Balaban J connectivity index is 1.47. The van der Waals surface area contributed by atoms with Crippen LogP contribution in [0.5, 0.6) is 11.5 Å². The number of esters is 1. The van der Waals surface area contributed by atoms with E-state index in [1.54, 1.807) is 21.9 Å². The first-order valence-corrected chi connectivity index (χ1v) is 12.0. The van der Waals surface area contributed by atoms with E-state index < -0.39 is 11.6 Å². The molecular formula is C26H22N4O4S. The van der Waals surface area contributed by atoms with Gasteiger partial charge in [0.15, 0.2) is 17.2 Å². The molecule has 9 heteroatoms. The number of thiophene rings is 1. The minimum atomic E-state index is -0.634. The number of aromatic nitrogens is 4. The van der Waals surface area contributed by atoms with E-state index in [-0.39, 0.29) is 6.79 Å². The highest BCUT2D eigenvalue weighted by Crippen LogP contribution is 2.36. The number of hydrogen-bond donors (Lipinski definition) is 1. The molecule has 1 aliphatic heterocycles. The van der Waals surface area contributed by atoms with Crippen molar-refractivity contribution >= 4 is 23.0 Å². The molecule has 1 N–H and O–H groups in total. The van der Waals surface area contributed by atoms with Crippen molar-refractivity contribution in [2.45, 2.75) is 26.4 Å². The quantitative estimate of drug-likeness (QED) is 0.323. The van der Waals surface area contributed by atoms with Crippen molar-refractivity contribution in [3.63, 3.8) is 0 Å². The van der Waals surface area contributed by atoms with Gasteiger partial charge in [-0.05, 0) is 62.5 Å². The van der Waals surface area contributed by atoms with Crippen LogP contribution in [0.15, 0.2) is 59.6 Å². The zero-order valence-corrected chi connectivity index (χ0v) is 20.2. The molecule has 1 aliphatic rings. The van der Waals surface area contributed by atoms with E-state index in [1.165, 1.54) is 0 Å². The first kappa shape index (κ1) is 21.4. The summed E-state index contributed by atoms with van der Waals surface area (Å²) in [4.78, 5) is 26.1. The monoisotopic (exact) mass is 486 g/mol. The third-order valence-electron chi connectivity index (χ3n) is 5.55. The molecule has 0 fully saturated rings. The van der Waals surface area contributed by atoms with Crippen LogP contribution in [0, 0.1) is 0 Å². The predicted octanol–water partition coefficient (Wildman–Crippen LogP) is 5.80. The molecule has 0 saturated carbocycles. The van der Waals surface area contributed by atoms with Gasteiger partial charge in [-0.15, -0.1) is 0 Å². The normalized spacial score (nSPS) is 12.9. The lowest BCUT2D eigenvalue weighted by Crippen LogP contribution is -2.25. The number of carbonyl (C=O) groups excluding carboxylic acids is 1. The third-order valence-corrected chi connectivity index (χ3v) is 6.23. The number of aromatic amines is 1. The van der Waals surface area contributed by atoms with Crippen molar-refractivity contribution in [1.82, 2.24) is 19.4 Å².